The van der Waals surface area contributed by atoms with Gasteiger partial charge in [0.25, 0.3) is 0 Å². The first-order chi connectivity index (χ1) is 9.04. The van der Waals surface area contributed by atoms with Crippen molar-refractivity contribution in [3.8, 4) is 11.3 Å². The van der Waals surface area contributed by atoms with Crippen molar-refractivity contribution in [2.24, 2.45) is 5.73 Å². The lowest BCUT2D eigenvalue weighted by Gasteiger charge is -2.13. The number of benzene rings is 1. The lowest BCUT2D eigenvalue weighted by Crippen LogP contribution is -2.14. The van der Waals surface area contributed by atoms with Crippen molar-refractivity contribution in [1.82, 2.24) is 9.55 Å². The minimum atomic E-state index is -2.70. The highest BCUT2D eigenvalue weighted by Gasteiger charge is 2.16. The van der Waals surface area contributed by atoms with Crippen LogP contribution in [-0.2, 0) is 0 Å². The van der Waals surface area contributed by atoms with Gasteiger partial charge in [-0.25, -0.2) is 4.98 Å². The summed E-state index contributed by atoms with van der Waals surface area (Å²) in [6.07, 6.45) is 2.34. The highest BCUT2D eigenvalue weighted by Crippen LogP contribution is 2.32. The Bertz CT molecular complexity index is 574. The first-order valence-electron chi connectivity index (χ1n) is 5.51. The molecule has 19 heavy (non-hydrogen) atoms. The van der Waals surface area contributed by atoms with Crippen molar-refractivity contribution in [2.45, 2.75) is 12.6 Å². The van der Waals surface area contributed by atoms with Crippen LogP contribution in [0.2, 0.25) is 5.02 Å². The molecule has 0 aliphatic heterocycles. The van der Waals surface area contributed by atoms with Gasteiger partial charge in [-0.15, -0.1) is 0 Å². The number of alkyl halides is 2. The van der Waals surface area contributed by atoms with Gasteiger partial charge in [0.2, 0.25) is 0 Å². The summed E-state index contributed by atoms with van der Waals surface area (Å²) in [4.78, 5) is 3.70. The minimum absolute atomic E-state index is 0.201. The van der Waals surface area contributed by atoms with Crippen molar-refractivity contribution in [3.05, 3.63) is 41.3 Å². The average Bonchev–Trinajstić information content (AvgIpc) is 2.87. The van der Waals surface area contributed by atoms with E-state index >= 15 is 0 Å². The molecule has 0 aliphatic rings. The minimum Gasteiger partial charge on any atom is -0.394 e. The molecule has 2 rings (SSSR count). The molecule has 0 amide bonds. The Balaban J connectivity index is 2.52. The molecular weight excluding hydrogens is 276 g/mol. The number of aliphatic hydroxyl groups is 1. The number of aliphatic hydroxyl groups excluding tert-OH is 1. The van der Waals surface area contributed by atoms with Crippen LogP contribution in [-0.4, -0.2) is 21.3 Å². The summed E-state index contributed by atoms with van der Waals surface area (Å²) in [5.41, 5.74) is 6.92. The Hall–Kier alpha value is -1.50. The molecule has 1 unspecified atom stereocenters. The molecule has 0 saturated heterocycles. The topological polar surface area (TPSA) is 64.1 Å². The van der Waals surface area contributed by atoms with Crippen LogP contribution in [0.15, 0.2) is 30.7 Å². The van der Waals surface area contributed by atoms with Gasteiger partial charge in [0.05, 0.1) is 30.9 Å². The van der Waals surface area contributed by atoms with E-state index in [1.165, 1.54) is 6.20 Å². The first kappa shape index (κ1) is 13.9. The van der Waals surface area contributed by atoms with Crippen LogP contribution in [0.1, 0.15) is 18.2 Å². The van der Waals surface area contributed by atoms with Gasteiger partial charge in [-0.05, 0) is 17.7 Å². The Morgan fingerprint density at radius 3 is 2.79 bits per heavy atom. The third-order valence-electron chi connectivity index (χ3n) is 2.77. The van der Waals surface area contributed by atoms with Gasteiger partial charge in [0, 0.05) is 10.6 Å². The quantitative estimate of drug-likeness (QED) is 0.908. The lowest BCUT2D eigenvalue weighted by molar-refractivity contribution is 0.0719. The molecule has 0 radical (unpaired) electrons. The van der Waals surface area contributed by atoms with Gasteiger partial charge in [-0.1, -0.05) is 17.7 Å². The van der Waals surface area contributed by atoms with Gasteiger partial charge in [-0.2, -0.15) is 8.78 Å². The van der Waals surface area contributed by atoms with Crippen molar-refractivity contribution >= 4 is 11.6 Å². The van der Waals surface area contributed by atoms with Crippen LogP contribution in [0.3, 0.4) is 0 Å². The number of aromatic nitrogens is 2. The second-order valence-electron chi connectivity index (χ2n) is 3.99. The second-order valence-corrected chi connectivity index (χ2v) is 4.40. The Labute approximate surface area is 113 Å². The third-order valence-corrected chi connectivity index (χ3v) is 3.10. The standard InChI is InChI=1S/C12H12ClF2N3O/c13-9-2-1-7(10(16)5-19)3-8(9)11-4-17-6-18(11)12(14)15/h1-4,6,10,12,19H,5,16H2. The molecule has 0 saturated carbocycles. The molecule has 102 valence electrons. The molecule has 1 aromatic heterocycles. The van der Waals surface area contributed by atoms with Crippen LogP contribution >= 0.6 is 11.6 Å². The molecule has 3 N–H and O–H groups in total. The summed E-state index contributed by atoms with van der Waals surface area (Å²) < 4.78 is 26.4. The van der Waals surface area contributed by atoms with E-state index in [1.54, 1.807) is 18.2 Å². The zero-order valence-corrected chi connectivity index (χ0v) is 10.6. The van der Waals surface area contributed by atoms with Gasteiger partial charge < -0.3 is 10.8 Å². The van der Waals surface area contributed by atoms with Crippen molar-refractivity contribution < 1.29 is 13.9 Å². The average molecular weight is 288 g/mol. The molecule has 2 aromatic rings. The summed E-state index contributed by atoms with van der Waals surface area (Å²) >= 11 is 6.02. The lowest BCUT2D eigenvalue weighted by atomic mass is 10.0. The normalized spacial score (nSPS) is 12.9. The first-order valence-corrected chi connectivity index (χ1v) is 5.88. The Kier molecular flexibility index (Phi) is 4.14. The van der Waals surface area contributed by atoms with E-state index in [-0.39, 0.29) is 12.3 Å². The molecule has 1 aromatic carbocycles. The molecule has 0 fully saturated rings. The molecular formula is C12H12ClF2N3O. The number of nitrogens with zero attached hydrogens (tertiary/aromatic N) is 2. The molecule has 0 aliphatic carbocycles. The molecule has 1 atom stereocenters. The molecule has 1 heterocycles. The largest absolute Gasteiger partial charge is 0.394 e. The van der Waals surface area contributed by atoms with Crippen molar-refractivity contribution in [3.63, 3.8) is 0 Å². The SMILES string of the molecule is NC(CO)c1ccc(Cl)c(-c2cncn2C(F)F)c1. The summed E-state index contributed by atoms with van der Waals surface area (Å²) in [5, 5.41) is 9.34. The van der Waals surface area contributed by atoms with Crippen LogP contribution in [0.25, 0.3) is 11.3 Å². The summed E-state index contributed by atoms with van der Waals surface area (Å²) in [6, 6.07) is 4.21. The van der Waals surface area contributed by atoms with E-state index in [4.69, 9.17) is 22.4 Å². The zero-order chi connectivity index (χ0) is 14.0. The van der Waals surface area contributed by atoms with Crippen molar-refractivity contribution in [2.75, 3.05) is 6.61 Å². The Morgan fingerprint density at radius 2 is 2.16 bits per heavy atom. The number of nitrogens with two attached hydrogens (primary N) is 1. The van der Waals surface area contributed by atoms with E-state index in [2.05, 4.69) is 4.98 Å². The predicted molar refractivity (Wildman–Crippen MR) is 67.9 cm³/mol. The van der Waals surface area contributed by atoms with Crippen LogP contribution in [0, 0.1) is 0 Å². The highest BCUT2D eigenvalue weighted by molar-refractivity contribution is 6.33. The van der Waals surface area contributed by atoms with E-state index in [1.807, 2.05) is 0 Å². The van der Waals surface area contributed by atoms with Gasteiger partial charge in [-0.3, -0.25) is 4.57 Å². The highest BCUT2D eigenvalue weighted by atomic mass is 35.5. The maximum atomic E-state index is 12.8. The number of halogens is 3. The predicted octanol–water partition coefficient (Wildman–Crippen LogP) is 2.59. The smallest absolute Gasteiger partial charge is 0.320 e. The van der Waals surface area contributed by atoms with Crippen molar-refractivity contribution in [1.29, 1.82) is 0 Å². The maximum absolute atomic E-state index is 12.8. The van der Waals surface area contributed by atoms with Gasteiger partial charge in [0.15, 0.2) is 0 Å². The summed E-state index contributed by atoms with van der Waals surface area (Å²) in [6.45, 7) is -2.95. The van der Waals surface area contributed by atoms with Gasteiger partial charge in [0.1, 0.15) is 0 Å². The number of rotatable bonds is 4. The Morgan fingerprint density at radius 1 is 1.42 bits per heavy atom. The molecule has 0 spiro atoms. The summed E-state index contributed by atoms with van der Waals surface area (Å²) in [7, 11) is 0. The fourth-order valence-corrected chi connectivity index (χ4v) is 1.96. The van der Waals surface area contributed by atoms with Gasteiger partial charge >= 0.3 is 6.55 Å². The second kappa shape index (κ2) is 5.64. The number of hydrogen-bond acceptors (Lipinski definition) is 3. The molecule has 4 nitrogen and oxygen atoms in total. The van der Waals surface area contributed by atoms with E-state index < -0.39 is 12.6 Å². The fourth-order valence-electron chi connectivity index (χ4n) is 1.74. The number of imidazole rings is 1. The number of hydrogen-bond donors (Lipinski definition) is 2. The maximum Gasteiger partial charge on any atom is 0.320 e. The zero-order valence-electron chi connectivity index (χ0n) is 9.80. The van der Waals surface area contributed by atoms with E-state index in [0.29, 0.717) is 16.1 Å². The van der Waals surface area contributed by atoms with Crippen LogP contribution in [0.4, 0.5) is 8.78 Å². The monoisotopic (exact) mass is 287 g/mol. The van der Waals surface area contributed by atoms with Crippen LogP contribution in [0.5, 0.6) is 0 Å². The van der Waals surface area contributed by atoms with E-state index in [9.17, 15) is 8.78 Å². The molecule has 7 heteroatoms. The summed E-state index contributed by atoms with van der Waals surface area (Å²) in [5.74, 6) is 0. The van der Waals surface area contributed by atoms with Crippen LogP contribution < -0.4 is 5.73 Å². The molecule has 0 bridgehead atoms. The third kappa shape index (κ3) is 2.75. The van der Waals surface area contributed by atoms with E-state index in [0.717, 1.165) is 10.9 Å². The fraction of sp³-hybridized carbons (Fsp3) is 0.250.